The van der Waals surface area contributed by atoms with Gasteiger partial charge in [0.25, 0.3) is 0 Å². The van der Waals surface area contributed by atoms with Gasteiger partial charge >= 0.3 is 17.9 Å². The van der Waals surface area contributed by atoms with Gasteiger partial charge in [0.2, 0.25) is 0 Å². The van der Waals surface area contributed by atoms with Gasteiger partial charge in [-0.25, -0.2) is 0 Å². The second kappa shape index (κ2) is 11.9. The lowest BCUT2D eigenvalue weighted by Gasteiger charge is -2.13. The van der Waals surface area contributed by atoms with Crippen LogP contribution >= 0.6 is 0 Å². The molecule has 0 atom stereocenters. The highest BCUT2D eigenvalue weighted by Crippen LogP contribution is 2.12. The maximum atomic E-state index is 11.7. The number of carbonyl (C=O) groups excluding carboxylic acids is 3. The minimum absolute atomic E-state index is 0.178. The summed E-state index contributed by atoms with van der Waals surface area (Å²) < 4.78 is 14.5. The lowest BCUT2D eigenvalue weighted by atomic mass is 10.0. The Morgan fingerprint density at radius 3 is 1.86 bits per heavy atom. The Morgan fingerprint density at radius 2 is 1.38 bits per heavy atom. The number of ether oxygens (including phenoxy) is 3. The molecule has 0 fully saturated rings. The van der Waals surface area contributed by atoms with E-state index in [9.17, 15) is 14.4 Å². The van der Waals surface area contributed by atoms with Crippen LogP contribution in [0.15, 0.2) is 12.2 Å². The number of esters is 3. The maximum Gasteiger partial charge on any atom is 0.320 e. The molecule has 0 saturated heterocycles. The Balaban J connectivity index is 4.29. The van der Waals surface area contributed by atoms with Crippen molar-refractivity contribution < 1.29 is 28.6 Å². The molecular formula is C15H24O6. The quantitative estimate of drug-likeness (QED) is 0.266. The van der Waals surface area contributed by atoms with Gasteiger partial charge in [0, 0.05) is 0 Å². The fourth-order valence-electron chi connectivity index (χ4n) is 1.60. The zero-order valence-corrected chi connectivity index (χ0v) is 12.9. The topological polar surface area (TPSA) is 78.9 Å². The molecule has 0 spiro atoms. The average Bonchev–Trinajstić information content (AvgIpc) is 2.43. The minimum atomic E-state index is -0.919. The first-order valence-electron chi connectivity index (χ1n) is 7.20. The molecule has 0 aromatic heterocycles. The summed E-state index contributed by atoms with van der Waals surface area (Å²) in [5.74, 6) is -2.37. The van der Waals surface area contributed by atoms with E-state index in [1.54, 1.807) is 32.9 Å². The fourth-order valence-corrected chi connectivity index (χ4v) is 1.60. The number of carbonyl (C=O) groups is 3. The van der Waals surface area contributed by atoms with E-state index in [-0.39, 0.29) is 32.0 Å². The van der Waals surface area contributed by atoms with Crippen LogP contribution in [0.1, 0.15) is 40.0 Å². The Kier molecular flexibility index (Phi) is 10.9. The van der Waals surface area contributed by atoms with E-state index in [0.717, 1.165) is 0 Å². The molecule has 0 aliphatic heterocycles. The number of hydrogen-bond donors (Lipinski definition) is 0. The summed E-state index contributed by atoms with van der Waals surface area (Å²) in [7, 11) is 0. The van der Waals surface area contributed by atoms with E-state index >= 15 is 0 Å². The summed E-state index contributed by atoms with van der Waals surface area (Å²) in [6.07, 6.45) is 4.34. The predicted molar refractivity (Wildman–Crippen MR) is 76.4 cm³/mol. The van der Waals surface area contributed by atoms with Crippen LogP contribution in [-0.4, -0.2) is 37.7 Å². The van der Waals surface area contributed by atoms with Gasteiger partial charge in [-0.05, 0) is 33.6 Å². The maximum absolute atomic E-state index is 11.7. The third-order valence-corrected chi connectivity index (χ3v) is 2.52. The normalized spacial score (nSPS) is 10.7. The first kappa shape index (κ1) is 19.1. The zero-order valence-electron chi connectivity index (χ0n) is 12.9. The van der Waals surface area contributed by atoms with Crippen LogP contribution in [-0.2, 0) is 28.6 Å². The van der Waals surface area contributed by atoms with Gasteiger partial charge in [0.05, 0.1) is 26.2 Å². The molecular weight excluding hydrogens is 276 g/mol. The molecule has 0 aromatic rings. The molecule has 0 amide bonds. The summed E-state index contributed by atoms with van der Waals surface area (Å²) in [5.41, 5.74) is 0. The van der Waals surface area contributed by atoms with Gasteiger partial charge in [-0.1, -0.05) is 12.2 Å². The molecule has 0 saturated carbocycles. The van der Waals surface area contributed by atoms with Crippen molar-refractivity contribution in [2.75, 3.05) is 19.8 Å². The Morgan fingerprint density at radius 1 is 0.857 bits per heavy atom. The Hall–Kier alpha value is -1.85. The van der Waals surface area contributed by atoms with Crippen molar-refractivity contribution in [3.8, 4) is 0 Å². The predicted octanol–water partition coefficient (Wildman–Crippen LogP) is 2.02. The molecule has 21 heavy (non-hydrogen) atoms. The van der Waals surface area contributed by atoms with Crippen LogP contribution in [0.3, 0.4) is 0 Å². The highest BCUT2D eigenvalue weighted by atomic mass is 16.6. The van der Waals surface area contributed by atoms with Gasteiger partial charge in [0.15, 0.2) is 5.92 Å². The lowest BCUT2D eigenvalue weighted by molar-refractivity contribution is -0.161. The van der Waals surface area contributed by atoms with E-state index < -0.39 is 17.9 Å². The van der Waals surface area contributed by atoms with Crippen molar-refractivity contribution in [2.45, 2.75) is 40.0 Å². The second-order valence-corrected chi connectivity index (χ2v) is 4.11. The summed E-state index contributed by atoms with van der Waals surface area (Å²) in [5, 5.41) is 0. The monoisotopic (exact) mass is 300 g/mol. The van der Waals surface area contributed by atoms with E-state index in [1.165, 1.54) is 0 Å². The zero-order chi connectivity index (χ0) is 16.1. The summed E-state index contributed by atoms with van der Waals surface area (Å²) in [6.45, 7) is 5.88. The minimum Gasteiger partial charge on any atom is -0.466 e. The molecule has 0 rings (SSSR count). The van der Waals surface area contributed by atoms with Crippen molar-refractivity contribution in [3.63, 3.8) is 0 Å². The van der Waals surface area contributed by atoms with Gasteiger partial charge in [-0.3, -0.25) is 14.4 Å². The number of allylic oxidation sites excluding steroid dienone is 1. The molecule has 0 aliphatic carbocycles. The molecule has 120 valence electrons. The smallest absolute Gasteiger partial charge is 0.320 e. The molecule has 0 heterocycles. The first-order chi connectivity index (χ1) is 10.1. The second-order valence-electron chi connectivity index (χ2n) is 4.11. The van der Waals surface area contributed by atoms with Gasteiger partial charge in [-0.2, -0.15) is 0 Å². The highest BCUT2D eigenvalue weighted by Gasteiger charge is 2.28. The molecule has 0 unspecified atom stereocenters. The molecule has 0 aromatic carbocycles. The molecule has 0 bridgehead atoms. The van der Waals surface area contributed by atoms with Crippen LogP contribution in [0.25, 0.3) is 0 Å². The molecule has 0 N–H and O–H groups in total. The molecule has 6 heteroatoms. The average molecular weight is 300 g/mol. The van der Waals surface area contributed by atoms with E-state index in [0.29, 0.717) is 13.0 Å². The molecule has 0 radical (unpaired) electrons. The lowest BCUT2D eigenvalue weighted by Crippen LogP contribution is -2.28. The van der Waals surface area contributed by atoms with Crippen molar-refractivity contribution >= 4 is 17.9 Å². The van der Waals surface area contributed by atoms with Crippen LogP contribution < -0.4 is 0 Å². The Labute approximate surface area is 125 Å². The van der Waals surface area contributed by atoms with Crippen LogP contribution in [0.5, 0.6) is 0 Å². The van der Waals surface area contributed by atoms with Crippen LogP contribution in [0, 0.1) is 5.92 Å². The fraction of sp³-hybridized carbons (Fsp3) is 0.667. The van der Waals surface area contributed by atoms with Gasteiger partial charge < -0.3 is 14.2 Å². The standard InChI is InChI=1S/C15H24O6/c1-4-19-13(16)11-9-7-8-10-12(14(17)20-5-2)15(18)21-6-3/h7,9,12H,4-6,8,10-11H2,1-3H3. The van der Waals surface area contributed by atoms with E-state index in [2.05, 4.69) is 0 Å². The van der Waals surface area contributed by atoms with Crippen LogP contribution in [0.4, 0.5) is 0 Å². The van der Waals surface area contributed by atoms with Crippen molar-refractivity contribution in [3.05, 3.63) is 12.2 Å². The summed E-state index contributed by atoms with van der Waals surface area (Å²) in [6, 6.07) is 0. The van der Waals surface area contributed by atoms with Crippen molar-refractivity contribution in [1.82, 2.24) is 0 Å². The van der Waals surface area contributed by atoms with Gasteiger partial charge in [-0.15, -0.1) is 0 Å². The third kappa shape index (κ3) is 8.83. The van der Waals surface area contributed by atoms with Crippen molar-refractivity contribution in [1.29, 1.82) is 0 Å². The molecule has 0 aliphatic rings. The van der Waals surface area contributed by atoms with E-state index in [1.807, 2.05) is 0 Å². The Bertz CT molecular complexity index is 343. The van der Waals surface area contributed by atoms with E-state index in [4.69, 9.17) is 14.2 Å². The SMILES string of the molecule is CCOC(=O)CC=CCCC(C(=O)OCC)C(=O)OCC. The number of hydrogen-bond acceptors (Lipinski definition) is 6. The third-order valence-electron chi connectivity index (χ3n) is 2.52. The first-order valence-corrected chi connectivity index (χ1v) is 7.20. The number of rotatable bonds is 10. The van der Waals surface area contributed by atoms with Crippen LogP contribution in [0.2, 0.25) is 0 Å². The molecule has 6 nitrogen and oxygen atoms in total. The highest BCUT2D eigenvalue weighted by molar-refractivity contribution is 5.94. The largest absolute Gasteiger partial charge is 0.466 e. The summed E-state index contributed by atoms with van der Waals surface area (Å²) in [4.78, 5) is 34.5. The van der Waals surface area contributed by atoms with Crippen molar-refractivity contribution in [2.24, 2.45) is 5.92 Å². The van der Waals surface area contributed by atoms with Gasteiger partial charge in [0.1, 0.15) is 0 Å². The summed E-state index contributed by atoms with van der Waals surface area (Å²) >= 11 is 0.